The Morgan fingerprint density at radius 3 is 2.62 bits per heavy atom. The van der Waals surface area contributed by atoms with Gasteiger partial charge in [0.25, 0.3) is 0 Å². The van der Waals surface area contributed by atoms with E-state index >= 15 is 0 Å². The van der Waals surface area contributed by atoms with Crippen molar-refractivity contribution in [3.8, 4) is 5.75 Å². The van der Waals surface area contributed by atoms with E-state index in [2.05, 4.69) is 0 Å². The Labute approximate surface area is 122 Å². The van der Waals surface area contributed by atoms with E-state index in [0.717, 1.165) is 23.1 Å². The number of benzene rings is 1. The molecule has 0 aliphatic carbocycles. The number of thiophene rings is 1. The van der Waals surface area contributed by atoms with E-state index in [1.165, 1.54) is 0 Å². The highest BCUT2D eigenvalue weighted by atomic mass is 32.1. The van der Waals surface area contributed by atoms with Gasteiger partial charge >= 0.3 is 12.1 Å². The molecule has 0 amide bonds. The second-order valence-corrected chi connectivity index (χ2v) is 5.22. The van der Waals surface area contributed by atoms with Crippen molar-refractivity contribution in [1.82, 2.24) is 0 Å². The standard InChI is InChI=1S/C14H11F3O3S/c15-14(16,17)12-4-3-9(8-11(12)13(18)19)20-6-5-10-2-1-7-21-10/h1-4,7-8H,5-6H2,(H,18,19). The normalized spacial score (nSPS) is 11.4. The van der Waals surface area contributed by atoms with Crippen LogP contribution < -0.4 is 4.74 Å². The first-order chi connectivity index (χ1) is 9.88. The van der Waals surface area contributed by atoms with Gasteiger partial charge in [0.05, 0.1) is 17.7 Å². The fourth-order valence-corrected chi connectivity index (χ4v) is 2.45. The van der Waals surface area contributed by atoms with Crippen molar-refractivity contribution in [3.63, 3.8) is 0 Å². The van der Waals surface area contributed by atoms with Crippen molar-refractivity contribution in [1.29, 1.82) is 0 Å². The van der Waals surface area contributed by atoms with Crippen molar-refractivity contribution in [2.24, 2.45) is 0 Å². The summed E-state index contributed by atoms with van der Waals surface area (Å²) in [7, 11) is 0. The smallest absolute Gasteiger partial charge is 0.417 e. The molecule has 0 aliphatic heterocycles. The number of aromatic carboxylic acids is 1. The Balaban J connectivity index is 2.11. The molecule has 112 valence electrons. The van der Waals surface area contributed by atoms with Crippen LogP contribution in [0.25, 0.3) is 0 Å². The minimum Gasteiger partial charge on any atom is -0.493 e. The van der Waals surface area contributed by atoms with E-state index < -0.39 is 23.3 Å². The SMILES string of the molecule is O=C(O)c1cc(OCCc2cccs2)ccc1C(F)(F)F. The number of carboxylic acid groups (broad SMARTS) is 1. The Bertz CT molecular complexity index is 621. The third-order valence-electron chi connectivity index (χ3n) is 2.72. The minimum absolute atomic E-state index is 0.108. The molecule has 0 spiro atoms. The highest BCUT2D eigenvalue weighted by Crippen LogP contribution is 2.33. The number of carboxylic acids is 1. The molecule has 1 aromatic heterocycles. The molecule has 0 radical (unpaired) electrons. The Morgan fingerprint density at radius 2 is 2.05 bits per heavy atom. The zero-order valence-corrected chi connectivity index (χ0v) is 11.5. The lowest BCUT2D eigenvalue weighted by molar-refractivity contribution is -0.138. The number of ether oxygens (including phenoxy) is 1. The lowest BCUT2D eigenvalue weighted by Crippen LogP contribution is -2.13. The molecule has 1 N–H and O–H groups in total. The topological polar surface area (TPSA) is 46.5 Å². The first-order valence-corrected chi connectivity index (χ1v) is 6.85. The van der Waals surface area contributed by atoms with Gasteiger partial charge in [-0.2, -0.15) is 13.2 Å². The van der Waals surface area contributed by atoms with Crippen molar-refractivity contribution in [2.45, 2.75) is 12.6 Å². The molecule has 0 saturated heterocycles. The summed E-state index contributed by atoms with van der Waals surface area (Å²) >= 11 is 1.55. The molecule has 1 aromatic carbocycles. The molecule has 0 aliphatic rings. The third kappa shape index (κ3) is 3.98. The zero-order valence-electron chi connectivity index (χ0n) is 10.7. The average Bonchev–Trinajstić information content (AvgIpc) is 2.90. The Kier molecular flexibility index (Phi) is 4.52. The van der Waals surface area contributed by atoms with Crippen molar-refractivity contribution in [3.05, 3.63) is 51.7 Å². The maximum atomic E-state index is 12.7. The van der Waals surface area contributed by atoms with Gasteiger partial charge in [0.2, 0.25) is 0 Å². The van der Waals surface area contributed by atoms with Crippen LogP contribution in [0.15, 0.2) is 35.7 Å². The molecule has 2 rings (SSSR count). The number of hydrogen-bond donors (Lipinski definition) is 1. The van der Waals surface area contributed by atoms with E-state index in [1.54, 1.807) is 11.3 Å². The van der Waals surface area contributed by atoms with Crippen LogP contribution >= 0.6 is 11.3 Å². The van der Waals surface area contributed by atoms with Gasteiger partial charge in [-0.3, -0.25) is 0 Å². The van der Waals surface area contributed by atoms with Gasteiger partial charge in [0.15, 0.2) is 0 Å². The van der Waals surface area contributed by atoms with Crippen LogP contribution in [0.4, 0.5) is 13.2 Å². The molecular formula is C14H11F3O3S. The highest BCUT2D eigenvalue weighted by Gasteiger charge is 2.35. The summed E-state index contributed by atoms with van der Waals surface area (Å²) in [6.45, 7) is 0.269. The number of carbonyl (C=O) groups is 1. The Morgan fingerprint density at radius 1 is 1.29 bits per heavy atom. The predicted octanol–water partition coefficient (Wildman–Crippen LogP) is 4.09. The van der Waals surface area contributed by atoms with E-state index in [1.807, 2.05) is 17.5 Å². The molecule has 0 bridgehead atoms. The third-order valence-corrected chi connectivity index (χ3v) is 3.66. The summed E-state index contributed by atoms with van der Waals surface area (Å²) in [6.07, 6.45) is -4.09. The lowest BCUT2D eigenvalue weighted by atomic mass is 10.1. The number of rotatable bonds is 5. The second-order valence-electron chi connectivity index (χ2n) is 4.19. The van der Waals surface area contributed by atoms with E-state index in [9.17, 15) is 18.0 Å². The van der Waals surface area contributed by atoms with Crippen LogP contribution in [0.2, 0.25) is 0 Å². The highest BCUT2D eigenvalue weighted by molar-refractivity contribution is 7.09. The molecule has 0 unspecified atom stereocenters. The van der Waals surface area contributed by atoms with Gasteiger partial charge < -0.3 is 9.84 Å². The summed E-state index contributed by atoms with van der Waals surface area (Å²) < 4.78 is 43.3. The first kappa shape index (κ1) is 15.4. The van der Waals surface area contributed by atoms with Crippen LogP contribution in [0.3, 0.4) is 0 Å². The molecule has 2 aromatic rings. The van der Waals surface area contributed by atoms with E-state index in [-0.39, 0.29) is 12.4 Å². The van der Waals surface area contributed by atoms with Gasteiger partial charge in [-0.1, -0.05) is 6.07 Å². The van der Waals surface area contributed by atoms with Gasteiger partial charge in [-0.25, -0.2) is 4.79 Å². The van der Waals surface area contributed by atoms with Gasteiger partial charge in [0, 0.05) is 11.3 Å². The first-order valence-electron chi connectivity index (χ1n) is 5.97. The molecule has 21 heavy (non-hydrogen) atoms. The molecule has 0 fully saturated rings. The maximum absolute atomic E-state index is 12.7. The number of halogens is 3. The molecule has 1 heterocycles. The summed E-state index contributed by atoms with van der Waals surface area (Å²) in [5.74, 6) is -1.53. The van der Waals surface area contributed by atoms with Crippen LogP contribution in [-0.4, -0.2) is 17.7 Å². The molecule has 7 heteroatoms. The quantitative estimate of drug-likeness (QED) is 0.904. The van der Waals surface area contributed by atoms with Crippen LogP contribution in [0.1, 0.15) is 20.8 Å². The van der Waals surface area contributed by atoms with E-state index in [4.69, 9.17) is 9.84 Å². The van der Waals surface area contributed by atoms with Gasteiger partial charge in [-0.05, 0) is 29.6 Å². The number of hydrogen-bond acceptors (Lipinski definition) is 3. The van der Waals surface area contributed by atoms with Crippen LogP contribution in [0, 0.1) is 0 Å². The molecular weight excluding hydrogens is 305 g/mol. The van der Waals surface area contributed by atoms with Gasteiger partial charge in [-0.15, -0.1) is 11.3 Å². The summed E-state index contributed by atoms with van der Waals surface area (Å²) in [4.78, 5) is 12.0. The fourth-order valence-electron chi connectivity index (χ4n) is 1.76. The summed E-state index contributed by atoms with van der Waals surface area (Å²) in [6, 6.07) is 6.57. The molecule has 0 saturated carbocycles. The maximum Gasteiger partial charge on any atom is 0.417 e. The van der Waals surface area contributed by atoms with Crippen molar-refractivity contribution in [2.75, 3.05) is 6.61 Å². The largest absolute Gasteiger partial charge is 0.493 e. The lowest BCUT2D eigenvalue weighted by Gasteiger charge is -2.12. The van der Waals surface area contributed by atoms with Crippen molar-refractivity contribution >= 4 is 17.3 Å². The predicted molar refractivity (Wildman–Crippen MR) is 71.9 cm³/mol. The summed E-state index contributed by atoms with van der Waals surface area (Å²) in [5.41, 5.74) is -1.99. The number of alkyl halides is 3. The monoisotopic (exact) mass is 316 g/mol. The summed E-state index contributed by atoms with van der Waals surface area (Å²) in [5, 5.41) is 10.8. The van der Waals surface area contributed by atoms with Gasteiger partial charge in [0.1, 0.15) is 5.75 Å². The average molecular weight is 316 g/mol. The molecule has 0 atom stereocenters. The van der Waals surface area contributed by atoms with Crippen molar-refractivity contribution < 1.29 is 27.8 Å². The minimum atomic E-state index is -4.71. The zero-order chi connectivity index (χ0) is 15.5. The Hall–Kier alpha value is -2.02. The van der Waals surface area contributed by atoms with E-state index in [0.29, 0.717) is 6.42 Å². The van der Waals surface area contributed by atoms with Crippen LogP contribution in [0.5, 0.6) is 5.75 Å². The molecule has 3 nitrogen and oxygen atoms in total. The second kappa shape index (κ2) is 6.17. The fraction of sp³-hybridized carbons (Fsp3) is 0.214. The van der Waals surface area contributed by atoms with Crippen LogP contribution in [-0.2, 0) is 12.6 Å².